The summed E-state index contributed by atoms with van der Waals surface area (Å²) in [5.41, 5.74) is -13.4. The number of benzene rings is 6. The molecule has 78 heavy (non-hydrogen) atoms. The van der Waals surface area contributed by atoms with Crippen molar-refractivity contribution in [2.24, 2.45) is 0 Å². The molecule has 10 bridgehead atoms. The molecule has 402 valence electrons. The highest BCUT2D eigenvalue weighted by atomic mass is 16.6. The van der Waals surface area contributed by atoms with Crippen LogP contribution in [0, 0.1) is 0 Å². The van der Waals surface area contributed by atoms with E-state index in [0.717, 1.165) is 0 Å². The van der Waals surface area contributed by atoms with E-state index in [4.69, 9.17) is 33.2 Å². The molecule has 0 saturated carbocycles. The van der Waals surface area contributed by atoms with Gasteiger partial charge in [0.25, 0.3) is 0 Å². The monoisotopic (exact) mass is 1090 g/mol. The largest absolute Gasteiger partial charge is 0.504 e. The van der Waals surface area contributed by atoms with Crippen molar-refractivity contribution in [1.29, 1.82) is 0 Å². The molecule has 5 atom stereocenters. The third kappa shape index (κ3) is 7.30. The van der Waals surface area contributed by atoms with Gasteiger partial charge in [0, 0.05) is 46.0 Å². The molecule has 6 aromatic rings. The van der Waals surface area contributed by atoms with Gasteiger partial charge in [-0.15, -0.1) is 0 Å². The van der Waals surface area contributed by atoms with E-state index in [0.29, 0.717) is 30.3 Å². The van der Waals surface area contributed by atoms with Gasteiger partial charge in [0.1, 0.15) is 18.3 Å². The zero-order valence-electron chi connectivity index (χ0n) is 38.0. The van der Waals surface area contributed by atoms with Crippen LogP contribution in [-0.4, -0.2) is 154 Å². The van der Waals surface area contributed by atoms with Crippen LogP contribution in [0.25, 0.3) is 22.3 Å². The highest BCUT2D eigenvalue weighted by molar-refractivity contribution is 6.11. The lowest BCUT2D eigenvalue weighted by Crippen LogP contribution is -2.56. The molecule has 0 aromatic heterocycles. The van der Waals surface area contributed by atoms with Crippen LogP contribution in [0.3, 0.4) is 0 Å². The van der Waals surface area contributed by atoms with Crippen LogP contribution in [0.15, 0.2) is 36.4 Å². The molecule has 5 heterocycles. The first-order chi connectivity index (χ1) is 36.7. The van der Waals surface area contributed by atoms with Gasteiger partial charge in [0.15, 0.2) is 99.2 Å². The molecule has 0 fully saturated rings. The molecule has 0 aliphatic carbocycles. The molecular formula is C48H30O30. The van der Waals surface area contributed by atoms with Crippen LogP contribution in [0.2, 0.25) is 0 Å². The highest BCUT2D eigenvalue weighted by Crippen LogP contribution is 2.59. The van der Waals surface area contributed by atoms with Crippen molar-refractivity contribution in [1.82, 2.24) is 0 Å². The predicted octanol–water partition coefficient (Wildman–Crippen LogP) is 2.37. The topological polar surface area (TPSA) is 511 Å². The Morgan fingerprint density at radius 3 is 1.47 bits per heavy atom. The lowest BCUT2D eigenvalue weighted by Gasteiger charge is -2.40. The molecule has 0 spiro atoms. The first-order valence-corrected chi connectivity index (χ1v) is 21.6. The number of carbonyl (C=O) groups excluding carboxylic acids is 6. The van der Waals surface area contributed by atoms with Gasteiger partial charge >= 0.3 is 35.8 Å². The van der Waals surface area contributed by atoms with Gasteiger partial charge in [-0.25, -0.2) is 28.8 Å². The van der Waals surface area contributed by atoms with Crippen molar-refractivity contribution in [2.75, 3.05) is 6.61 Å². The van der Waals surface area contributed by atoms with E-state index >= 15 is 0 Å². The second kappa shape index (κ2) is 17.4. The molecule has 5 aliphatic rings. The molecule has 30 heteroatoms. The van der Waals surface area contributed by atoms with Crippen LogP contribution in [-0.2, 0) is 23.7 Å². The summed E-state index contributed by atoms with van der Waals surface area (Å²) in [6.07, 6.45) is -13.9. The number of fused-ring (bicyclic) bond motifs is 10. The third-order valence-electron chi connectivity index (χ3n) is 12.7. The maximum Gasteiger partial charge on any atom is 0.347 e. The van der Waals surface area contributed by atoms with Crippen molar-refractivity contribution in [3.63, 3.8) is 0 Å². The van der Waals surface area contributed by atoms with Crippen molar-refractivity contribution in [2.45, 2.75) is 30.5 Å². The zero-order chi connectivity index (χ0) is 56.6. The Balaban J connectivity index is 1.35. The number of ether oxygens (including phenoxy) is 7. The number of hydrogen-bond acceptors (Lipinski definition) is 30. The Morgan fingerprint density at radius 2 is 0.872 bits per heavy atom. The van der Waals surface area contributed by atoms with E-state index in [-0.39, 0.29) is 6.07 Å². The summed E-state index contributed by atoms with van der Waals surface area (Å²) in [5.74, 6) is -39.3. The maximum absolute atomic E-state index is 15.0. The minimum atomic E-state index is -2.89. The average Bonchev–Trinajstić information content (AvgIpc) is 3.54. The standard InChI is InChI=1S/C48H30O30/c49-13-1-8(2-14(50)26(13)53)43(66)75-19-7-72-44(67)10-5-17-29(56)32(59)21(10)20-9(3-15(51)27(54)31(20)58)45(68)76-40(19)42-41-36(63)25-24(48(71)77-41)23(34(61)37(64)35(25)62)22-11(46(69)78-42)6-18(30(57)33(22)60)74-47(70)12-4-16(52)28(55)38(65)39(12)73-17/h1-6,19,36,40-42,49-65H,7H2/t19-,36+,40-,41+,42+/m1/s1. The van der Waals surface area contributed by atoms with Gasteiger partial charge in [0.05, 0.1) is 27.8 Å². The van der Waals surface area contributed by atoms with Gasteiger partial charge in [-0.2, -0.15) is 0 Å². The van der Waals surface area contributed by atoms with Crippen LogP contribution >= 0.6 is 0 Å². The number of carbonyl (C=O) groups is 6. The summed E-state index contributed by atoms with van der Waals surface area (Å²) >= 11 is 0. The van der Waals surface area contributed by atoms with E-state index < -0.39 is 243 Å². The summed E-state index contributed by atoms with van der Waals surface area (Å²) in [6, 6.07) is 2.25. The van der Waals surface area contributed by atoms with E-state index in [1.54, 1.807) is 0 Å². The predicted molar refractivity (Wildman–Crippen MR) is 240 cm³/mol. The Morgan fingerprint density at radius 1 is 0.410 bits per heavy atom. The number of aliphatic hydroxyl groups excluding tert-OH is 1. The molecule has 0 saturated heterocycles. The van der Waals surface area contributed by atoms with Gasteiger partial charge in [-0.05, 0) is 18.2 Å². The van der Waals surface area contributed by atoms with E-state index in [9.17, 15) is 116 Å². The molecule has 0 radical (unpaired) electrons. The molecule has 6 aromatic carbocycles. The summed E-state index contributed by atoms with van der Waals surface area (Å²) in [5, 5.41) is 188. The Kier molecular flexibility index (Phi) is 11.2. The SMILES string of the molecule is O=C(O[C@@H]1COC(=O)c2cc3c(O)c(O)c2-c2c(cc(O)c(O)c2O)C(=O)O[C@H]1[C@@H]1OC(=O)c2cc(c(O)c(O)c2-c2c(O)c(O)c(O)c4c2C(=O)O[C@H]1[C@H]4O)OC(=O)c1cc(O)c(O)c(O)c1O3)c1cc(O)c(O)c(O)c1. The third-order valence-corrected chi connectivity index (χ3v) is 12.7. The first kappa shape index (κ1) is 50.2. The summed E-state index contributed by atoms with van der Waals surface area (Å²) in [6.45, 7) is -1.60. The van der Waals surface area contributed by atoms with Crippen LogP contribution in [0.4, 0.5) is 0 Å². The fourth-order valence-electron chi connectivity index (χ4n) is 9.00. The molecule has 11 rings (SSSR count). The number of phenols is 16. The summed E-state index contributed by atoms with van der Waals surface area (Å²) in [7, 11) is 0. The van der Waals surface area contributed by atoms with Gasteiger partial charge < -0.3 is 120 Å². The van der Waals surface area contributed by atoms with Crippen molar-refractivity contribution in [3.8, 4) is 131 Å². The molecule has 0 unspecified atom stereocenters. The quantitative estimate of drug-likeness (QED) is 0.0512. The summed E-state index contributed by atoms with van der Waals surface area (Å²) < 4.78 is 38.9. The van der Waals surface area contributed by atoms with E-state index in [2.05, 4.69) is 0 Å². The van der Waals surface area contributed by atoms with Crippen LogP contribution in [0.5, 0.6) is 109 Å². The lowest BCUT2D eigenvalue weighted by atomic mass is 9.82. The highest BCUT2D eigenvalue weighted by Gasteiger charge is 2.54. The number of esters is 6. The Hall–Kier alpha value is -11.3. The fraction of sp³-hybridized carbons (Fsp3) is 0.125. The minimum Gasteiger partial charge on any atom is -0.504 e. The molecule has 0 amide bonds. The lowest BCUT2D eigenvalue weighted by molar-refractivity contribution is -0.154. The Labute approximate surface area is 427 Å². The maximum atomic E-state index is 15.0. The molecule has 5 aliphatic heterocycles. The first-order valence-electron chi connectivity index (χ1n) is 21.6. The van der Waals surface area contributed by atoms with Crippen LogP contribution < -0.4 is 9.47 Å². The average molecular weight is 1090 g/mol. The number of rotatable bonds is 2. The second-order valence-corrected chi connectivity index (χ2v) is 17.1. The van der Waals surface area contributed by atoms with Crippen molar-refractivity contribution in [3.05, 3.63) is 75.3 Å². The number of aromatic hydroxyl groups is 16. The summed E-state index contributed by atoms with van der Waals surface area (Å²) in [4.78, 5) is 87.3. The molecular weight excluding hydrogens is 1060 g/mol. The number of aliphatic hydroxyl groups is 1. The van der Waals surface area contributed by atoms with Crippen molar-refractivity contribution >= 4 is 35.8 Å². The smallest absolute Gasteiger partial charge is 0.347 e. The number of hydrogen-bond donors (Lipinski definition) is 17. The fourth-order valence-corrected chi connectivity index (χ4v) is 9.00. The zero-order valence-corrected chi connectivity index (χ0v) is 38.0. The second-order valence-electron chi connectivity index (χ2n) is 17.1. The van der Waals surface area contributed by atoms with Gasteiger partial charge in [-0.1, -0.05) is 0 Å². The molecule has 30 nitrogen and oxygen atoms in total. The number of phenolic OH excluding ortho intramolecular Hbond substituents is 16. The van der Waals surface area contributed by atoms with E-state index in [1.807, 2.05) is 0 Å². The molecule has 17 N–H and O–H groups in total. The van der Waals surface area contributed by atoms with Gasteiger partial charge in [-0.3, -0.25) is 0 Å². The Bertz CT molecular complexity index is 3760. The van der Waals surface area contributed by atoms with E-state index in [1.165, 1.54) is 0 Å². The van der Waals surface area contributed by atoms with Crippen molar-refractivity contribution < 1.29 is 149 Å². The van der Waals surface area contributed by atoms with Crippen LogP contribution in [0.1, 0.15) is 73.8 Å². The minimum absolute atomic E-state index is 0.286. The normalized spacial score (nSPS) is 19.2. The van der Waals surface area contributed by atoms with Gasteiger partial charge in [0.2, 0.25) is 34.5 Å².